The second-order valence-corrected chi connectivity index (χ2v) is 6.21. The predicted molar refractivity (Wildman–Crippen MR) is 85.6 cm³/mol. The van der Waals surface area contributed by atoms with E-state index >= 15 is 0 Å². The lowest BCUT2D eigenvalue weighted by molar-refractivity contribution is -0.120. The molecule has 1 heterocycles. The summed E-state index contributed by atoms with van der Waals surface area (Å²) in [5, 5.41) is 9.14. The third-order valence-corrected chi connectivity index (χ3v) is 4.16. The Kier molecular flexibility index (Phi) is 4.73. The van der Waals surface area contributed by atoms with Gasteiger partial charge in [-0.2, -0.15) is 0 Å². The minimum Gasteiger partial charge on any atom is -0.353 e. The van der Waals surface area contributed by atoms with Gasteiger partial charge in [0, 0.05) is 11.7 Å². The van der Waals surface area contributed by atoms with Crippen molar-refractivity contribution >= 4 is 17.5 Å². The lowest BCUT2D eigenvalue weighted by Crippen LogP contribution is -2.43. The van der Waals surface area contributed by atoms with Crippen LogP contribution in [-0.4, -0.2) is 30.4 Å². The molecule has 0 radical (unpaired) electrons. The van der Waals surface area contributed by atoms with Gasteiger partial charge in [0.2, 0.25) is 11.8 Å². The third-order valence-electron chi connectivity index (χ3n) is 4.16. The molecule has 118 valence electrons. The summed E-state index contributed by atoms with van der Waals surface area (Å²) in [6, 6.07) is 7.83. The van der Waals surface area contributed by atoms with E-state index < -0.39 is 0 Å². The van der Waals surface area contributed by atoms with E-state index in [0.717, 1.165) is 49.9 Å². The molecule has 0 unspecified atom stereocenters. The summed E-state index contributed by atoms with van der Waals surface area (Å²) in [4.78, 5) is 23.9. The van der Waals surface area contributed by atoms with E-state index in [1.54, 1.807) is 0 Å². The number of hydrogen-bond acceptors (Lipinski definition) is 3. The second-order valence-electron chi connectivity index (χ2n) is 6.21. The van der Waals surface area contributed by atoms with Crippen LogP contribution in [0.4, 0.5) is 5.69 Å². The molecule has 3 rings (SSSR count). The highest BCUT2D eigenvalue weighted by molar-refractivity contribution is 5.94. The molecule has 0 spiro atoms. The van der Waals surface area contributed by atoms with Crippen molar-refractivity contribution in [3.05, 3.63) is 29.8 Å². The molecule has 1 aromatic rings. The minimum absolute atomic E-state index is 0.0268. The van der Waals surface area contributed by atoms with Gasteiger partial charge in [-0.1, -0.05) is 18.6 Å². The zero-order chi connectivity index (χ0) is 15.4. The van der Waals surface area contributed by atoms with Gasteiger partial charge in [-0.05, 0) is 49.9 Å². The van der Waals surface area contributed by atoms with Crippen molar-refractivity contribution in [2.24, 2.45) is 0 Å². The van der Waals surface area contributed by atoms with Crippen LogP contribution in [0.5, 0.6) is 0 Å². The van der Waals surface area contributed by atoms with Crippen LogP contribution in [0.2, 0.25) is 0 Å². The first kappa shape index (κ1) is 15.0. The highest BCUT2D eigenvalue weighted by Crippen LogP contribution is 2.19. The Morgan fingerprint density at radius 3 is 2.50 bits per heavy atom. The smallest absolute Gasteiger partial charge is 0.241 e. The molecule has 1 saturated carbocycles. The number of nitrogens with one attached hydrogen (secondary N) is 3. The summed E-state index contributed by atoms with van der Waals surface area (Å²) in [5.74, 6) is 0.101. The van der Waals surface area contributed by atoms with E-state index in [1.807, 2.05) is 24.3 Å². The fourth-order valence-electron chi connectivity index (χ4n) is 2.70. The normalized spacial score (nSPS) is 21.2. The number of carbonyl (C=O) groups is 2. The van der Waals surface area contributed by atoms with Crippen LogP contribution >= 0.6 is 0 Å². The fourth-order valence-corrected chi connectivity index (χ4v) is 2.70. The van der Waals surface area contributed by atoms with E-state index in [4.69, 9.17) is 0 Å². The van der Waals surface area contributed by atoms with Gasteiger partial charge in [-0.25, -0.2) is 0 Å². The molecule has 1 saturated heterocycles. The minimum atomic E-state index is -0.0854. The Morgan fingerprint density at radius 1 is 1.09 bits per heavy atom. The first-order chi connectivity index (χ1) is 10.7. The Balaban J connectivity index is 1.49. The van der Waals surface area contributed by atoms with Gasteiger partial charge in [0.15, 0.2) is 0 Å². The lowest BCUT2D eigenvalue weighted by Gasteiger charge is -2.22. The van der Waals surface area contributed by atoms with Crippen LogP contribution in [0, 0.1) is 0 Å². The van der Waals surface area contributed by atoms with Gasteiger partial charge in [0.25, 0.3) is 0 Å². The van der Waals surface area contributed by atoms with Crippen molar-refractivity contribution < 1.29 is 9.59 Å². The number of hydrogen-bond donors (Lipinski definition) is 3. The summed E-state index contributed by atoms with van der Waals surface area (Å²) >= 11 is 0. The Labute approximate surface area is 130 Å². The predicted octanol–water partition coefficient (Wildman–Crippen LogP) is 1.59. The zero-order valence-electron chi connectivity index (χ0n) is 12.7. The maximum absolute atomic E-state index is 12.1. The molecule has 5 nitrogen and oxygen atoms in total. The van der Waals surface area contributed by atoms with Gasteiger partial charge in [-0.3, -0.25) is 9.59 Å². The fraction of sp³-hybridized carbons (Fsp3) is 0.529. The summed E-state index contributed by atoms with van der Waals surface area (Å²) in [6.07, 6.45) is 5.74. The van der Waals surface area contributed by atoms with Gasteiger partial charge >= 0.3 is 0 Å². The Hall–Kier alpha value is -1.88. The quantitative estimate of drug-likeness (QED) is 0.773. The molecule has 22 heavy (non-hydrogen) atoms. The van der Waals surface area contributed by atoms with Crippen LogP contribution in [0.25, 0.3) is 0 Å². The van der Waals surface area contributed by atoms with E-state index in [-0.39, 0.29) is 17.9 Å². The number of anilines is 1. The molecule has 1 aliphatic heterocycles. The molecule has 5 heteroatoms. The highest BCUT2D eigenvalue weighted by atomic mass is 16.2. The zero-order valence-corrected chi connectivity index (χ0v) is 12.7. The first-order valence-electron chi connectivity index (χ1n) is 8.13. The Bertz CT molecular complexity index is 531. The molecular weight excluding hydrogens is 278 g/mol. The van der Waals surface area contributed by atoms with Crippen LogP contribution in [-0.2, 0) is 16.0 Å². The average Bonchev–Trinajstić information content (AvgIpc) is 3.34. The van der Waals surface area contributed by atoms with Crippen molar-refractivity contribution in [3.63, 3.8) is 0 Å². The Morgan fingerprint density at radius 2 is 1.86 bits per heavy atom. The van der Waals surface area contributed by atoms with Crippen molar-refractivity contribution in [1.82, 2.24) is 10.6 Å². The van der Waals surface area contributed by atoms with Crippen LogP contribution < -0.4 is 16.0 Å². The van der Waals surface area contributed by atoms with Gasteiger partial charge in [-0.15, -0.1) is 0 Å². The molecule has 1 aliphatic carbocycles. The molecule has 2 fully saturated rings. The number of rotatable bonds is 5. The van der Waals surface area contributed by atoms with Crippen LogP contribution in [0.1, 0.15) is 37.7 Å². The van der Waals surface area contributed by atoms with Gasteiger partial charge in [0.05, 0.1) is 12.5 Å². The second kappa shape index (κ2) is 6.92. The van der Waals surface area contributed by atoms with Crippen molar-refractivity contribution in [1.29, 1.82) is 0 Å². The average molecular weight is 301 g/mol. The van der Waals surface area contributed by atoms with Gasteiger partial charge in [0.1, 0.15) is 0 Å². The molecule has 1 aromatic carbocycles. The molecule has 1 atom stereocenters. The van der Waals surface area contributed by atoms with Crippen molar-refractivity contribution in [3.8, 4) is 0 Å². The van der Waals surface area contributed by atoms with Gasteiger partial charge < -0.3 is 16.0 Å². The molecule has 0 bridgehead atoms. The summed E-state index contributed by atoms with van der Waals surface area (Å²) in [7, 11) is 0. The summed E-state index contributed by atoms with van der Waals surface area (Å²) < 4.78 is 0. The van der Waals surface area contributed by atoms with E-state index in [0.29, 0.717) is 12.5 Å². The molecule has 0 aromatic heterocycles. The highest BCUT2D eigenvalue weighted by Gasteiger charge is 2.23. The first-order valence-corrected chi connectivity index (χ1v) is 8.13. The lowest BCUT2D eigenvalue weighted by atomic mass is 10.0. The topological polar surface area (TPSA) is 70.2 Å². The van der Waals surface area contributed by atoms with E-state index in [1.165, 1.54) is 0 Å². The monoisotopic (exact) mass is 301 g/mol. The standard InChI is InChI=1S/C17H23N3O2/c21-16(19-13-8-9-13)11-12-4-6-14(7-5-12)20-17(22)15-3-1-2-10-18-15/h4-7,13,15,18H,1-3,8-11H2,(H,19,21)(H,20,22)/t15-/m1/s1. The molecule has 2 amide bonds. The maximum atomic E-state index is 12.1. The van der Waals surface area contributed by atoms with Crippen LogP contribution in [0.3, 0.4) is 0 Å². The summed E-state index contributed by atoms with van der Waals surface area (Å²) in [6.45, 7) is 0.910. The summed E-state index contributed by atoms with van der Waals surface area (Å²) in [5.41, 5.74) is 1.75. The molecular formula is C17H23N3O2. The van der Waals surface area contributed by atoms with Crippen LogP contribution in [0.15, 0.2) is 24.3 Å². The van der Waals surface area contributed by atoms with Crippen molar-refractivity contribution in [2.75, 3.05) is 11.9 Å². The number of piperidine rings is 1. The maximum Gasteiger partial charge on any atom is 0.241 e. The van der Waals surface area contributed by atoms with Crippen molar-refractivity contribution in [2.45, 2.75) is 50.6 Å². The largest absolute Gasteiger partial charge is 0.353 e. The molecule has 2 aliphatic rings. The number of benzene rings is 1. The number of carbonyl (C=O) groups excluding carboxylic acids is 2. The molecule has 3 N–H and O–H groups in total. The SMILES string of the molecule is O=C(Cc1ccc(NC(=O)[C@H]2CCCCN2)cc1)NC1CC1. The van der Waals surface area contributed by atoms with E-state index in [2.05, 4.69) is 16.0 Å². The van der Waals surface area contributed by atoms with E-state index in [9.17, 15) is 9.59 Å². The number of amides is 2. The third kappa shape index (κ3) is 4.31.